The minimum atomic E-state index is -0.764. The number of halogens is 1. The lowest BCUT2D eigenvalue weighted by Crippen LogP contribution is -2.44. The zero-order valence-corrected chi connectivity index (χ0v) is 10.8. The fourth-order valence-corrected chi connectivity index (χ4v) is 1.76. The van der Waals surface area contributed by atoms with Gasteiger partial charge in [-0.2, -0.15) is 5.10 Å². The maximum atomic E-state index is 11.4. The lowest BCUT2D eigenvalue weighted by Gasteiger charge is -2.03. The van der Waals surface area contributed by atoms with Crippen molar-refractivity contribution in [2.45, 2.75) is 6.54 Å². The molecule has 4 N–H and O–H groups in total. The maximum absolute atomic E-state index is 11.4. The number of amides is 2. The van der Waals surface area contributed by atoms with Gasteiger partial charge in [-0.3, -0.25) is 20.1 Å². The Bertz CT molecular complexity index is 625. The molecule has 0 unspecified atom stereocenters. The van der Waals surface area contributed by atoms with Gasteiger partial charge in [0.05, 0.1) is 17.8 Å². The number of benzene rings is 1. The number of nitrogens with zero attached hydrogens (tertiary/aromatic N) is 1. The van der Waals surface area contributed by atoms with E-state index in [0.29, 0.717) is 10.7 Å². The Balaban J connectivity index is 2.08. The zero-order chi connectivity index (χ0) is 13.8. The molecule has 0 aliphatic rings. The van der Waals surface area contributed by atoms with Crippen molar-refractivity contribution in [2.75, 3.05) is 7.05 Å². The van der Waals surface area contributed by atoms with Crippen LogP contribution in [0.1, 0.15) is 5.69 Å². The molecule has 0 bridgehead atoms. The highest BCUT2D eigenvalue weighted by molar-refractivity contribution is 6.34. The standard InChI is InChI=1S/C11H12ClN5O2/c1-13-17-11(19)10(18)14-5-9-7-4-6(12)2-3-8(7)15-16-9/h2-4,13H,5H2,1H3,(H,14,18)(H,15,16)(H,17,19). The van der Waals surface area contributed by atoms with Crippen LogP contribution in [0.3, 0.4) is 0 Å². The predicted octanol–water partition coefficient (Wildman–Crippen LogP) is 0.0831. The molecule has 0 aliphatic carbocycles. The number of aromatic nitrogens is 2. The van der Waals surface area contributed by atoms with E-state index in [0.717, 1.165) is 10.9 Å². The number of aromatic amines is 1. The van der Waals surface area contributed by atoms with Crippen molar-refractivity contribution in [1.82, 2.24) is 26.4 Å². The van der Waals surface area contributed by atoms with Crippen molar-refractivity contribution < 1.29 is 9.59 Å². The van der Waals surface area contributed by atoms with Crippen LogP contribution >= 0.6 is 11.6 Å². The molecule has 8 heteroatoms. The summed E-state index contributed by atoms with van der Waals surface area (Å²) in [5, 5.41) is 10.7. The highest BCUT2D eigenvalue weighted by Gasteiger charge is 2.13. The van der Waals surface area contributed by atoms with E-state index in [1.54, 1.807) is 18.2 Å². The van der Waals surface area contributed by atoms with E-state index in [1.807, 2.05) is 0 Å². The molecular weight excluding hydrogens is 270 g/mol. The van der Waals surface area contributed by atoms with Gasteiger partial charge in [-0.05, 0) is 18.2 Å². The van der Waals surface area contributed by atoms with Crippen LogP contribution in [0, 0.1) is 0 Å². The molecule has 0 aliphatic heterocycles. The second-order valence-corrected chi connectivity index (χ2v) is 4.18. The van der Waals surface area contributed by atoms with Gasteiger partial charge in [0, 0.05) is 17.5 Å². The molecule has 19 heavy (non-hydrogen) atoms. The van der Waals surface area contributed by atoms with Crippen LogP contribution in [0.5, 0.6) is 0 Å². The van der Waals surface area contributed by atoms with Crippen molar-refractivity contribution in [3.05, 3.63) is 28.9 Å². The minimum Gasteiger partial charge on any atom is -0.342 e. The van der Waals surface area contributed by atoms with Crippen LogP contribution in [0.25, 0.3) is 10.9 Å². The number of H-pyrrole nitrogens is 1. The summed E-state index contributed by atoms with van der Waals surface area (Å²) in [7, 11) is 1.49. The summed E-state index contributed by atoms with van der Waals surface area (Å²) in [6.45, 7) is 0.135. The average molecular weight is 282 g/mol. The normalized spacial score (nSPS) is 10.4. The summed E-state index contributed by atoms with van der Waals surface area (Å²) in [6, 6.07) is 5.28. The van der Waals surface area contributed by atoms with Crippen LogP contribution in [0.4, 0.5) is 0 Å². The van der Waals surface area contributed by atoms with Gasteiger partial charge in [-0.15, -0.1) is 0 Å². The van der Waals surface area contributed by atoms with Gasteiger partial charge in [0.15, 0.2) is 0 Å². The smallest absolute Gasteiger partial charge is 0.323 e. The number of carbonyl (C=O) groups is 2. The summed E-state index contributed by atoms with van der Waals surface area (Å²) in [5.41, 5.74) is 5.98. The average Bonchev–Trinajstić information content (AvgIpc) is 2.78. The second-order valence-electron chi connectivity index (χ2n) is 3.75. The van der Waals surface area contributed by atoms with Gasteiger partial charge in [0.1, 0.15) is 0 Å². The predicted molar refractivity (Wildman–Crippen MR) is 70.2 cm³/mol. The Hall–Kier alpha value is -2.12. The molecule has 1 aromatic carbocycles. The van der Waals surface area contributed by atoms with Crippen molar-refractivity contribution in [2.24, 2.45) is 0 Å². The van der Waals surface area contributed by atoms with Crippen LogP contribution < -0.4 is 16.2 Å². The fourth-order valence-electron chi connectivity index (χ4n) is 1.59. The zero-order valence-electron chi connectivity index (χ0n) is 10.1. The second kappa shape index (κ2) is 5.68. The van der Waals surface area contributed by atoms with Crippen LogP contribution in [0.15, 0.2) is 18.2 Å². The number of hydrogen-bond acceptors (Lipinski definition) is 4. The van der Waals surface area contributed by atoms with Gasteiger partial charge in [-0.25, -0.2) is 5.43 Å². The van der Waals surface area contributed by atoms with E-state index >= 15 is 0 Å². The van der Waals surface area contributed by atoms with Crippen molar-refractivity contribution in [3.63, 3.8) is 0 Å². The molecule has 0 saturated carbocycles. The topological polar surface area (TPSA) is 98.9 Å². The molecule has 2 aromatic rings. The summed E-state index contributed by atoms with van der Waals surface area (Å²) in [4.78, 5) is 22.6. The van der Waals surface area contributed by atoms with Gasteiger partial charge in [0.2, 0.25) is 0 Å². The molecule has 100 valence electrons. The Kier molecular flexibility index (Phi) is 3.98. The summed E-state index contributed by atoms with van der Waals surface area (Å²) in [6.07, 6.45) is 0. The number of fused-ring (bicyclic) bond motifs is 1. The molecule has 2 amide bonds. The third-order valence-corrected chi connectivity index (χ3v) is 2.70. The summed E-state index contributed by atoms with van der Waals surface area (Å²) >= 11 is 5.90. The Morgan fingerprint density at radius 3 is 2.89 bits per heavy atom. The van der Waals surface area contributed by atoms with Crippen LogP contribution in [-0.2, 0) is 16.1 Å². The molecular formula is C11H12ClN5O2. The SMILES string of the molecule is CNNC(=O)C(=O)NCc1n[nH]c2ccc(Cl)cc12. The molecule has 0 atom stereocenters. The first kappa shape index (κ1) is 13.3. The monoisotopic (exact) mass is 281 g/mol. The Labute approximate surface area is 113 Å². The van der Waals surface area contributed by atoms with E-state index in [2.05, 4.69) is 26.4 Å². The molecule has 0 spiro atoms. The largest absolute Gasteiger partial charge is 0.342 e. The molecule has 2 rings (SSSR count). The highest BCUT2D eigenvalue weighted by Crippen LogP contribution is 2.20. The highest BCUT2D eigenvalue weighted by atomic mass is 35.5. The van der Waals surface area contributed by atoms with Crippen molar-refractivity contribution in [1.29, 1.82) is 0 Å². The van der Waals surface area contributed by atoms with E-state index in [4.69, 9.17) is 11.6 Å². The Morgan fingerprint density at radius 1 is 1.37 bits per heavy atom. The number of hydrazine groups is 1. The van der Waals surface area contributed by atoms with E-state index < -0.39 is 11.8 Å². The first-order chi connectivity index (χ1) is 9.11. The lowest BCUT2D eigenvalue weighted by atomic mass is 10.2. The third kappa shape index (κ3) is 3.01. The van der Waals surface area contributed by atoms with E-state index in [1.165, 1.54) is 7.05 Å². The van der Waals surface area contributed by atoms with E-state index in [9.17, 15) is 9.59 Å². The first-order valence-corrected chi connectivity index (χ1v) is 5.87. The number of rotatable bonds is 3. The van der Waals surface area contributed by atoms with Gasteiger partial charge in [0.25, 0.3) is 0 Å². The van der Waals surface area contributed by atoms with Crippen LogP contribution in [-0.4, -0.2) is 29.1 Å². The molecule has 1 heterocycles. The van der Waals surface area contributed by atoms with Crippen molar-refractivity contribution in [3.8, 4) is 0 Å². The molecule has 0 saturated heterocycles. The van der Waals surface area contributed by atoms with Gasteiger partial charge < -0.3 is 5.32 Å². The van der Waals surface area contributed by atoms with Crippen molar-refractivity contribution >= 4 is 34.3 Å². The molecule has 0 radical (unpaired) electrons. The van der Waals surface area contributed by atoms with E-state index in [-0.39, 0.29) is 6.54 Å². The van der Waals surface area contributed by atoms with Gasteiger partial charge in [-0.1, -0.05) is 11.6 Å². The number of hydrogen-bond donors (Lipinski definition) is 4. The molecule has 1 aromatic heterocycles. The molecule has 0 fully saturated rings. The lowest BCUT2D eigenvalue weighted by molar-refractivity contribution is -0.139. The summed E-state index contributed by atoms with van der Waals surface area (Å²) in [5.74, 6) is -1.51. The minimum absolute atomic E-state index is 0.135. The quantitative estimate of drug-likeness (QED) is 0.473. The first-order valence-electron chi connectivity index (χ1n) is 5.49. The Morgan fingerprint density at radius 2 is 2.16 bits per heavy atom. The van der Waals surface area contributed by atoms with Gasteiger partial charge >= 0.3 is 11.8 Å². The fraction of sp³-hybridized carbons (Fsp3) is 0.182. The maximum Gasteiger partial charge on any atom is 0.323 e. The third-order valence-electron chi connectivity index (χ3n) is 2.46. The summed E-state index contributed by atoms with van der Waals surface area (Å²) < 4.78 is 0. The number of nitrogens with one attached hydrogen (secondary N) is 4. The number of carbonyl (C=O) groups excluding carboxylic acids is 2. The van der Waals surface area contributed by atoms with Crippen LogP contribution in [0.2, 0.25) is 5.02 Å². The molecule has 7 nitrogen and oxygen atoms in total.